The van der Waals surface area contributed by atoms with E-state index in [2.05, 4.69) is 4.72 Å². The lowest BCUT2D eigenvalue weighted by Gasteiger charge is -2.10. The van der Waals surface area contributed by atoms with Crippen molar-refractivity contribution in [3.8, 4) is 5.75 Å². The number of rotatable bonds is 6. The van der Waals surface area contributed by atoms with Crippen LogP contribution in [0.4, 0.5) is 0 Å². The van der Waals surface area contributed by atoms with E-state index < -0.39 is 10.0 Å². The molecule has 2 aromatic carbocycles. The van der Waals surface area contributed by atoms with Gasteiger partial charge in [0.05, 0.1) is 4.90 Å². The van der Waals surface area contributed by atoms with Crippen molar-refractivity contribution in [2.24, 2.45) is 0 Å². The molecule has 1 N–H and O–H groups in total. The van der Waals surface area contributed by atoms with Crippen LogP contribution in [0, 0.1) is 6.92 Å². The van der Waals surface area contributed by atoms with Crippen molar-refractivity contribution in [2.45, 2.75) is 11.8 Å². The molecule has 0 radical (unpaired) electrons. The Morgan fingerprint density at radius 3 is 2.62 bits per heavy atom. The second kappa shape index (κ2) is 6.93. The van der Waals surface area contributed by atoms with Crippen LogP contribution in [0.3, 0.4) is 0 Å². The van der Waals surface area contributed by atoms with Gasteiger partial charge >= 0.3 is 0 Å². The fourth-order valence-electron chi connectivity index (χ4n) is 1.84. The number of aryl methyl sites for hydroxylation is 1. The zero-order valence-corrected chi connectivity index (χ0v) is 13.1. The van der Waals surface area contributed by atoms with Crippen LogP contribution in [0.15, 0.2) is 53.4 Å². The first-order valence-corrected chi connectivity index (χ1v) is 8.29. The van der Waals surface area contributed by atoms with Gasteiger partial charge in [-0.25, -0.2) is 13.1 Å². The van der Waals surface area contributed by atoms with Crippen LogP contribution < -0.4 is 9.46 Å². The van der Waals surface area contributed by atoms with E-state index in [9.17, 15) is 8.42 Å². The summed E-state index contributed by atoms with van der Waals surface area (Å²) in [6.45, 7) is 2.17. The predicted molar refractivity (Wildman–Crippen MR) is 83.3 cm³/mol. The van der Waals surface area contributed by atoms with Crippen molar-refractivity contribution >= 4 is 21.6 Å². The lowest BCUT2D eigenvalue weighted by atomic mass is 10.2. The van der Waals surface area contributed by atoms with Gasteiger partial charge in [0.2, 0.25) is 10.0 Å². The third-order valence-corrected chi connectivity index (χ3v) is 4.70. The molecule has 112 valence electrons. The monoisotopic (exact) mass is 325 g/mol. The number of hydrogen-bond donors (Lipinski definition) is 1. The summed E-state index contributed by atoms with van der Waals surface area (Å²) in [6.07, 6.45) is 0. The molecule has 0 aliphatic carbocycles. The molecule has 0 aromatic heterocycles. The largest absolute Gasteiger partial charge is 0.492 e. The van der Waals surface area contributed by atoms with E-state index in [1.54, 1.807) is 55.5 Å². The molecular weight excluding hydrogens is 310 g/mol. The van der Waals surface area contributed by atoms with Gasteiger partial charge in [0.25, 0.3) is 0 Å². The van der Waals surface area contributed by atoms with E-state index in [4.69, 9.17) is 16.3 Å². The molecule has 0 fully saturated rings. The Balaban J connectivity index is 1.90. The Hall–Kier alpha value is -1.56. The zero-order chi connectivity index (χ0) is 15.3. The van der Waals surface area contributed by atoms with Gasteiger partial charge in [-0.05, 0) is 36.8 Å². The summed E-state index contributed by atoms with van der Waals surface area (Å²) in [5.41, 5.74) is 0.709. The SMILES string of the molecule is Cc1ccccc1S(=O)(=O)NCCOc1cccc(Cl)c1. The molecule has 0 saturated carbocycles. The smallest absolute Gasteiger partial charge is 0.240 e. The van der Waals surface area contributed by atoms with Crippen LogP contribution in [0.25, 0.3) is 0 Å². The number of nitrogens with one attached hydrogen (secondary N) is 1. The van der Waals surface area contributed by atoms with Gasteiger partial charge in [-0.1, -0.05) is 35.9 Å². The minimum atomic E-state index is -3.51. The van der Waals surface area contributed by atoms with Crippen LogP contribution in [-0.4, -0.2) is 21.6 Å². The maximum atomic E-state index is 12.1. The topological polar surface area (TPSA) is 55.4 Å². The van der Waals surface area contributed by atoms with E-state index in [0.29, 0.717) is 16.3 Å². The second-order valence-electron chi connectivity index (χ2n) is 4.47. The van der Waals surface area contributed by atoms with E-state index in [1.165, 1.54) is 0 Å². The summed E-state index contributed by atoms with van der Waals surface area (Å²) in [5, 5.41) is 0.577. The molecule has 2 rings (SSSR count). The number of hydrogen-bond acceptors (Lipinski definition) is 3. The van der Waals surface area contributed by atoms with Gasteiger partial charge < -0.3 is 4.74 Å². The number of sulfonamides is 1. The highest BCUT2D eigenvalue weighted by Crippen LogP contribution is 2.17. The fraction of sp³-hybridized carbons (Fsp3) is 0.200. The summed E-state index contributed by atoms with van der Waals surface area (Å²) in [4.78, 5) is 0.285. The number of benzene rings is 2. The first kappa shape index (κ1) is 15.8. The Morgan fingerprint density at radius 2 is 1.90 bits per heavy atom. The average molecular weight is 326 g/mol. The lowest BCUT2D eigenvalue weighted by Crippen LogP contribution is -2.28. The zero-order valence-electron chi connectivity index (χ0n) is 11.5. The maximum Gasteiger partial charge on any atom is 0.240 e. The number of halogens is 1. The molecule has 0 aliphatic rings. The summed E-state index contributed by atoms with van der Waals surface area (Å²) < 4.78 is 32.2. The molecule has 0 saturated heterocycles. The van der Waals surface area contributed by atoms with Crippen LogP contribution in [0.1, 0.15) is 5.56 Å². The molecule has 4 nitrogen and oxygen atoms in total. The normalized spacial score (nSPS) is 11.3. The van der Waals surface area contributed by atoms with Crippen molar-refractivity contribution < 1.29 is 13.2 Å². The molecular formula is C15H16ClNO3S. The molecule has 0 unspecified atom stereocenters. The Kier molecular flexibility index (Phi) is 5.22. The van der Waals surface area contributed by atoms with Gasteiger partial charge in [0, 0.05) is 11.6 Å². The maximum absolute atomic E-state index is 12.1. The highest BCUT2D eigenvalue weighted by atomic mass is 35.5. The first-order valence-electron chi connectivity index (χ1n) is 6.43. The van der Waals surface area contributed by atoms with Crippen molar-refractivity contribution in [3.05, 3.63) is 59.1 Å². The van der Waals surface area contributed by atoms with E-state index in [-0.39, 0.29) is 18.0 Å². The summed E-state index contributed by atoms with van der Waals surface area (Å²) in [6, 6.07) is 13.8. The first-order chi connectivity index (χ1) is 9.99. The van der Waals surface area contributed by atoms with Crippen molar-refractivity contribution in [1.29, 1.82) is 0 Å². The molecule has 21 heavy (non-hydrogen) atoms. The lowest BCUT2D eigenvalue weighted by molar-refractivity contribution is 0.323. The molecule has 0 spiro atoms. The molecule has 2 aromatic rings. The van der Waals surface area contributed by atoms with E-state index in [0.717, 1.165) is 0 Å². The van der Waals surface area contributed by atoms with Crippen molar-refractivity contribution in [2.75, 3.05) is 13.2 Å². The third-order valence-electron chi connectivity index (χ3n) is 2.84. The van der Waals surface area contributed by atoms with Crippen LogP contribution in [-0.2, 0) is 10.0 Å². The van der Waals surface area contributed by atoms with Gasteiger partial charge in [0.1, 0.15) is 12.4 Å². The minimum absolute atomic E-state index is 0.184. The van der Waals surface area contributed by atoms with Gasteiger partial charge in [-0.15, -0.1) is 0 Å². The van der Waals surface area contributed by atoms with Gasteiger partial charge in [-0.3, -0.25) is 0 Å². The van der Waals surface area contributed by atoms with Crippen LogP contribution in [0.2, 0.25) is 5.02 Å². The highest BCUT2D eigenvalue weighted by molar-refractivity contribution is 7.89. The minimum Gasteiger partial charge on any atom is -0.492 e. The summed E-state index contributed by atoms with van der Waals surface area (Å²) in [5.74, 6) is 0.609. The number of ether oxygens (including phenoxy) is 1. The highest BCUT2D eigenvalue weighted by Gasteiger charge is 2.15. The molecule has 0 heterocycles. The Labute approximate surface area is 129 Å². The molecule has 0 bridgehead atoms. The van der Waals surface area contributed by atoms with Gasteiger partial charge in [0.15, 0.2) is 0 Å². The third kappa shape index (κ3) is 4.46. The van der Waals surface area contributed by atoms with E-state index in [1.807, 2.05) is 0 Å². The summed E-state index contributed by atoms with van der Waals surface area (Å²) in [7, 11) is -3.51. The second-order valence-corrected chi connectivity index (χ2v) is 6.64. The van der Waals surface area contributed by atoms with Crippen LogP contribution >= 0.6 is 11.6 Å². The standard InChI is InChI=1S/C15H16ClNO3S/c1-12-5-2-3-8-15(12)21(18,19)17-9-10-20-14-7-4-6-13(16)11-14/h2-8,11,17H,9-10H2,1H3. The molecule has 6 heteroatoms. The molecule has 0 atom stereocenters. The predicted octanol–water partition coefficient (Wildman–Crippen LogP) is 3.01. The van der Waals surface area contributed by atoms with Crippen LogP contribution in [0.5, 0.6) is 5.75 Å². The fourth-order valence-corrected chi connectivity index (χ4v) is 3.27. The van der Waals surface area contributed by atoms with E-state index >= 15 is 0 Å². The van der Waals surface area contributed by atoms with Crippen molar-refractivity contribution in [3.63, 3.8) is 0 Å². The summed E-state index contributed by atoms with van der Waals surface area (Å²) >= 11 is 5.84. The quantitative estimate of drug-likeness (QED) is 0.831. The Morgan fingerprint density at radius 1 is 1.14 bits per heavy atom. The van der Waals surface area contributed by atoms with Crippen molar-refractivity contribution in [1.82, 2.24) is 4.72 Å². The average Bonchev–Trinajstić information content (AvgIpc) is 2.44. The molecule has 0 aliphatic heterocycles. The Bertz CT molecular complexity index is 716. The van der Waals surface area contributed by atoms with Gasteiger partial charge in [-0.2, -0.15) is 0 Å². The molecule has 0 amide bonds.